The van der Waals surface area contributed by atoms with Crippen LogP contribution in [-0.4, -0.2) is 19.6 Å². The minimum Gasteiger partial charge on any atom is -0.443 e. The third-order valence-electron chi connectivity index (χ3n) is 2.34. The first-order chi connectivity index (χ1) is 7.90. The first kappa shape index (κ1) is 9.53. The van der Waals surface area contributed by atoms with Gasteiger partial charge < -0.3 is 4.42 Å². The average molecular weight is 279 g/mol. The van der Waals surface area contributed by atoms with Crippen molar-refractivity contribution < 1.29 is 4.42 Å². The molecular weight excluding hydrogens is 272 g/mol. The second-order valence-corrected chi connectivity index (χ2v) is 3.79. The summed E-state index contributed by atoms with van der Waals surface area (Å²) in [6, 6.07) is 0. The van der Waals surface area contributed by atoms with Crippen LogP contribution in [0.4, 0.5) is 0 Å². The zero-order valence-electron chi connectivity index (χ0n) is 8.17. The molecule has 0 saturated heterocycles. The molecule has 0 atom stereocenters. The van der Waals surface area contributed by atoms with Crippen molar-refractivity contribution in [2.45, 2.75) is 5.33 Å². The van der Waals surface area contributed by atoms with E-state index in [0.29, 0.717) is 5.33 Å². The van der Waals surface area contributed by atoms with Gasteiger partial charge in [0, 0.05) is 17.7 Å². The van der Waals surface area contributed by atoms with Gasteiger partial charge in [0.05, 0.1) is 29.2 Å². The maximum Gasteiger partial charge on any atom is 0.181 e. The normalized spacial score (nSPS) is 11.1. The van der Waals surface area contributed by atoms with Crippen LogP contribution in [0.5, 0.6) is 0 Å². The molecule has 6 heteroatoms. The molecule has 3 aromatic heterocycles. The highest BCUT2D eigenvalue weighted by Gasteiger charge is 2.14. The summed E-state index contributed by atoms with van der Waals surface area (Å²) >= 11 is 3.37. The molecular formula is C10H7BrN4O. The Balaban J connectivity index is 2.26. The van der Waals surface area contributed by atoms with Gasteiger partial charge in [-0.25, -0.2) is 9.50 Å². The lowest BCUT2D eigenvalue weighted by atomic mass is 10.2. The van der Waals surface area contributed by atoms with Crippen molar-refractivity contribution in [2.24, 2.45) is 0 Å². The fourth-order valence-corrected chi connectivity index (χ4v) is 1.99. The van der Waals surface area contributed by atoms with Crippen molar-refractivity contribution >= 4 is 21.4 Å². The van der Waals surface area contributed by atoms with Crippen molar-refractivity contribution in [3.05, 3.63) is 36.9 Å². The number of hydrogen-bond acceptors (Lipinski definition) is 4. The van der Waals surface area contributed by atoms with Crippen molar-refractivity contribution in [1.29, 1.82) is 0 Å². The molecule has 80 valence electrons. The fraction of sp³-hybridized carbons (Fsp3) is 0.100. The second kappa shape index (κ2) is 3.71. The number of alkyl halides is 1. The molecule has 3 rings (SSSR count). The molecule has 0 saturated carbocycles. The first-order valence-electron chi connectivity index (χ1n) is 4.66. The number of rotatable bonds is 2. The molecule has 0 bridgehead atoms. The topological polar surface area (TPSA) is 56.2 Å². The summed E-state index contributed by atoms with van der Waals surface area (Å²) in [5, 5.41) is 4.87. The summed E-state index contributed by atoms with van der Waals surface area (Å²) < 4.78 is 7.14. The van der Waals surface area contributed by atoms with Crippen LogP contribution in [0.3, 0.4) is 0 Å². The third-order valence-corrected chi connectivity index (χ3v) is 2.87. The Morgan fingerprint density at radius 1 is 1.38 bits per heavy atom. The summed E-state index contributed by atoms with van der Waals surface area (Å²) in [5.74, 6) is 0.736. The number of oxazole rings is 1. The van der Waals surface area contributed by atoms with E-state index < -0.39 is 0 Å². The van der Waals surface area contributed by atoms with E-state index in [-0.39, 0.29) is 0 Å². The third kappa shape index (κ3) is 1.34. The average Bonchev–Trinajstić information content (AvgIpc) is 2.94. The molecule has 0 N–H and O–H groups in total. The molecule has 0 spiro atoms. The van der Waals surface area contributed by atoms with Gasteiger partial charge in [0.25, 0.3) is 0 Å². The van der Waals surface area contributed by atoms with E-state index in [1.807, 2.05) is 0 Å². The molecule has 0 aliphatic heterocycles. The minimum absolute atomic E-state index is 0.649. The summed E-state index contributed by atoms with van der Waals surface area (Å²) in [7, 11) is 0. The van der Waals surface area contributed by atoms with Crippen LogP contribution in [-0.2, 0) is 5.33 Å². The zero-order valence-corrected chi connectivity index (χ0v) is 9.75. The molecule has 0 unspecified atom stereocenters. The maximum atomic E-state index is 5.39. The van der Waals surface area contributed by atoms with E-state index in [0.717, 1.165) is 22.5 Å². The van der Waals surface area contributed by atoms with E-state index in [4.69, 9.17) is 4.42 Å². The number of hydrogen-bond donors (Lipinski definition) is 0. The van der Waals surface area contributed by atoms with E-state index in [9.17, 15) is 0 Å². The molecule has 0 aliphatic carbocycles. The number of nitrogens with zero attached hydrogens (tertiary/aromatic N) is 4. The SMILES string of the molecule is BrCc1ncoc1-c1cnn2ccncc12. The molecule has 16 heavy (non-hydrogen) atoms. The van der Waals surface area contributed by atoms with Crippen LogP contribution in [0.2, 0.25) is 0 Å². The smallest absolute Gasteiger partial charge is 0.181 e. The zero-order chi connectivity index (χ0) is 11.0. The van der Waals surface area contributed by atoms with Gasteiger partial charge >= 0.3 is 0 Å². The summed E-state index contributed by atoms with van der Waals surface area (Å²) in [6.45, 7) is 0. The predicted molar refractivity (Wildman–Crippen MR) is 61.1 cm³/mol. The van der Waals surface area contributed by atoms with E-state index in [1.54, 1.807) is 29.3 Å². The Labute approximate surface area is 99.3 Å². The molecule has 3 heterocycles. The van der Waals surface area contributed by atoms with Crippen LogP contribution < -0.4 is 0 Å². The Hall–Kier alpha value is -1.69. The van der Waals surface area contributed by atoms with Crippen molar-refractivity contribution in [3.63, 3.8) is 0 Å². The van der Waals surface area contributed by atoms with Gasteiger partial charge in [0.1, 0.15) is 0 Å². The lowest BCUT2D eigenvalue weighted by Gasteiger charge is -1.95. The van der Waals surface area contributed by atoms with Crippen molar-refractivity contribution in [1.82, 2.24) is 19.6 Å². The van der Waals surface area contributed by atoms with Gasteiger partial charge in [-0.3, -0.25) is 4.98 Å². The van der Waals surface area contributed by atoms with E-state index >= 15 is 0 Å². The summed E-state index contributed by atoms with van der Waals surface area (Å²) in [6.07, 6.45) is 8.43. The van der Waals surface area contributed by atoms with Crippen molar-refractivity contribution in [3.8, 4) is 11.3 Å². The van der Waals surface area contributed by atoms with Gasteiger partial charge in [-0.1, -0.05) is 15.9 Å². The fourth-order valence-electron chi connectivity index (χ4n) is 1.59. The monoisotopic (exact) mass is 278 g/mol. The lowest BCUT2D eigenvalue weighted by Crippen LogP contribution is -1.86. The van der Waals surface area contributed by atoms with Gasteiger partial charge in [-0.05, 0) is 0 Å². The lowest BCUT2D eigenvalue weighted by molar-refractivity contribution is 0.572. The molecule has 3 aromatic rings. The quantitative estimate of drug-likeness (QED) is 0.675. The number of halogens is 1. The van der Waals surface area contributed by atoms with Gasteiger partial charge in [-0.15, -0.1) is 0 Å². The molecule has 0 aliphatic rings. The standard InChI is InChI=1S/C10H7BrN4O/c11-3-8-10(16-6-13-8)7-4-14-15-2-1-12-5-9(7)15/h1-2,4-6H,3H2. The highest BCUT2D eigenvalue weighted by molar-refractivity contribution is 9.08. The van der Waals surface area contributed by atoms with Crippen molar-refractivity contribution in [2.75, 3.05) is 0 Å². The van der Waals surface area contributed by atoms with E-state index in [2.05, 4.69) is 31.0 Å². The van der Waals surface area contributed by atoms with Gasteiger partial charge in [-0.2, -0.15) is 5.10 Å². The Morgan fingerprint density at radius 2 is 2.31 bits per heavy atom. The van der Waals surface area contributed by atoms with E-state index in [1.165, 1.54) is 6.39 Å². The molecule has 5 nitrogen and oxygen atoms in total. The van der Waals surface area contributed by atoms with Crippen LogP contribution >= 0.6 is 15.9 Å². The molecule has 0 radical (unpaired) electrons. The highest BCUT2D eigenvalue weighted by Crippen LogP contribution is 2.27. The summed E-state index contributed by atoms with van der Waals surface area (Å²) in [4.78, 5) is 8.20. The molecule has 0 aromatic carbocycles. The largest absolute Gasteiger partial charge is 0.443 e. The Bertz CT molecular complexity index is 630. The Kier molecular flexibility index (Phi) is 2.21. The second-order valence-electron chi connectivity index (χ2n) is 3.23. The maximum absolute atomic E-state index is 5.39. The van der Waals surface area contributed by atoms with Gasteiger partial charge in [0.2, 0.25) is 0 Å². The van der Waals surface area contributed by atoms with Gasteiger partial charge in [0.15, 0.2) is 12.2 Å². The van der Waals surface area contributed by atoms with Crippen LogP contribution in [0.15, 0.2) is 35.6 Å². The molecule has 0 fully saturated rings. The van der Waals surface area contributed by atoms with Crippen LogP contribution in [0.25, 0.3) is 16.8 Å². The summed E-state index contributed by atoms with van der Waals surface area (Å²) in [5.41, 5.74) is 2.67. The minimum atomic E-state index is 0.649. The Morgan fingerprint density at radius 3 is 3.19 bits per heavy atom. The number of aromatic nitrogens is 4. The van der Waals surface area contributed by atoms with Crippen LogP contribution in [0, 0.1) is 0 Å². The predicted octanol–water partition coefficient (Wildman–Crippen LogP) is 2.28. The highest BCUT2D eigenvalue weighted by atomic mass is 79.9. The first-order valence-corrected chi connectivity index (χ1v) is 5.78. The molecule has 0 amide bonds. The van der Waals surface area contributed by atoms with Crippen LogP contribution in [0.1, 0.15) is 5.69 Å². The number of fused-ring (bicyclic) bond motifs is 1.